The van der Waals surface area contributed by atoms with Crippen LogP contribution in [-0.4, -0.2) is 57.5 Å². The van der Waals surface area contributed by atoms with Gasteiger partial charge in [-0.2, -0.15) is 0 Å². The number of aryl methyl sites for hydroxylation is 1. The lowest BCUT2D eigenvalue weighted by atomic mass is 10.1. The van der Waals surface area contributed by atoms with Crippen LogP contribution in [0.2, 0.25) is 0 Å². The molecule has 0 fully saturated rings. The number of aromatic amines is 1. The van der Waals surface area contributed by atoms with Crippen molar-refractivity contribution in [3.05, 3.63) is 35.3 Å². The minimum atomic E-state index is 0.00295. The Labute approximate surface area is 153 Å². The van der Waals surface area contributed by atoms with Gasteiger partial charge in [0.25, 0.3) is 0 Å². The average Bonchev–Trinajstić information content (AvgIpc) is 3.09. The summed E-state index contributed by atoms with van der Waals surface area (Å²) in [6.45, 7) is 5.51. The van der Waals surface area contributed by atoms with E-state index in [0.29, 0.717) is 13.1 Å². The van der Waals surface area contributed by atoms with Gasteiger partial charge >= 0.3 is 0 Å². The monoisotopic (exact) mass is 358 g/mol. The lowest BCUT2D eigenvalue weighted by Gasteiger charge is -2.19. The zero-order chi connectivity index (χ0) is 18.5. The highest BCUT2D eigenvalue weighted by Gasteiger charge is 2.23. The van der Waals surface area contributed by atoms with Gasteiger partial charge in [-0.15, -0.1) is 0 Å². The second-order valence-corrected chi connectivity index (χ2v) is 6.42. The third-order valence-corrected chi connectivity index (χ3v) is 4.61. The number of carbonyl (C=O) groups excluding carboxylic acids is 1. The van der Waals surface area contributed by atoms with Gasteiger partial charge < -0.3 is 19.9 Å². The Morgan fingerprint density at radius 1 is 1.38 bits per heavy atom. The molecule has 3 heterocycles. The minimum Gasteiger partial charge on any atom is -0.375 e. The quantitative estimate of drug-likeness (QED) is 0.813. The van der Waals surface area contributed by atoms with Gasteiger partial charge in [-0.3, -0.25) is 4.79 Å². The SMILES string of the molecule is CCc1nc2c(c(NC(C)c3ncc[nH]3)n1)CCN(C(=O)COC)CC2. The highest BCUT2D eigenvalue weighted by atomic mass is 16.5. The van der Waals surface area contributed by atoms with Gasteiger partial charge in [0.2, 0.25) is 5.91 Å². The van der Waals surface area contributed by atoms with Crippen molar-refractivity contribution in [2.75, 3.05) is 32.1 Å². The summed E-state index contributed by atoms with van der Waals surface area (Å²) in [6, 6.07) is 0.00295. The molecule has 2 N–H and O–H groups in total. The molecule has 2 aromatic heterocycles. The molecule has 0 spiro atoms. The predicted molar refractivity (Wildman–Crippen MR) is 97.9 cm³/mol. The molecule has 1 atom stereocenters. The fourth-order valence-electron chi connectivity index (χ4n) is 3.18. The lowest BCUT2D eigenvalue weighted by molar-refractivity contribution is -0.135. The van der Waals surface area contributed by atoms with Crippen molar-refractivity contribution in [2.24, 2.45) is 0 Å². The molecule has 0 bridgehead atoms. The number of hydrogen-bond acceptors (Lipinski definition) is 6. The number of rotatable bonds is 6. The first-order valence-electron chi connectivity index (χ1n) is 9.03. The normalized spacial score (nSPS) is 15.3. The molecule has 0 radical (unpaired) electrons. The number of methoxy groups -OCH3 is 1. The largest absolute Gasteiger partial charge is 0.375 e. The van der Waals surface area contributed by atoms with Crippen molar-refractivity contribution in [1.29, 1.82) is 0 Å². The van der Waals surface area contributed by atoms with Crippen LogP contribution < -0.4 is 5.32 Å². The smallest absolute Gasteiger partial charge is 0.248 e. The summed E-state index contributed by atoms with van der Waals surface area (Å²) in [5.74, 6) is 2.54. The Balaban J connectivity index is 1.84. The Kier molecular flexibility index (Phi) is 5.82. The fourth-order valence-corrected chi connectivity index (χ4v) is 3.18. The molecular formula is C18H26N6O2. The van der Waals surface area contributed by atoms with Gasteiger partial charge in [0.05, 0.1) is 11.7 Å². The molecular weight excluding hydrogens is 332 g/mol. The van der Waals surface area contributed by atoms with Crippen LogP contribution >= 0.6 is 0 Å². The summed E-state index contributed by atoms with van der Waals surface area (Å²) < 4.78 is 4.99. The Bertz CT molecular complexity index is 746. The molecule has 3 rings (SSSR count). The molecule has 0 aromatic carbocycles. The highest BCUT2D eigenvalue weighted by Crippen LogP contribution is 2.25. The number of fused-ring (bicyclic) bond motifs is 1. The molecule has 1 amide bonds. The van der Waals surface area contributed by atoms with Crippen LogP contribution in [0.1, 0.15) is 42.8 Å². The molecule has 0 saturated heterocycles. The lowest BCUT2D eigenvalue weighted by Crippen LogP contribution is -2.35. The standard InChI is InChI=1S/C18H26N6O2/c1-4-15-22-14-6-10-24(16(25)11-26-3)9-5-13(14)18(23-15)21-12(2)17-19-7-8-20-17/h7-8,12H,4-6,9-11H2,1-3H3,(H,19,20)(H,21,22,23). The van der Waals surface area contributed by atoms with Gasteiger partial charge in [-0.25, -0.2) is 15.0 Å². The Hall–Kier alpha value is -2.48. The second-order valence-electron chi connectivity index (χ2n) is 6.42. The first-order chi connectivity index (χ1) is 12.6. The van der Waals surface area contributed by atoms with E-state index < -0.39 is 0 Å². The first-order valence-corrected chi connectivity index (χ1v) is 9.03. The zero-order valence-corrected chi connectivity index (χ0v) is 15.6. The number of carbonyl (C=O) groups is 1. The van der Waals surface area contributed by atoms with Gasteiger partial charge in [-0.05, 0) is 13.3 Å². The summed E-state index contributed by atoms with van der Waals surface area (Å²) in [7, 11) is 1.54. The maximum Gasteiger partial charge on any atom is 0.248 e. The van der Waals surface area contributed by atoms with E-state index in [-0.39, 0.29) is 18.6 Å². The van der Waals surface area contributed by atoms with Crippen LogP contribution in [0.4, 0.5) is 5.82 Å². The van der Waals surface area contributed by atoms with Gasteiger partial charge in [-0.1, -0.05) is 6.92 Å². The molecule has 26 heavy (non-hydrogen) atoms. The van der Waals surface area contributed by atoms with Gasteiger partial charge in [0, 0.05) is 51.0 Å². The summed E-state index contributed by atoms with van der Waals surface area (Å²) in [5.41, 5.74) is 2.12. The third kappa shape index (κ3) is 4.01. The molecule has 8 nitrogen and oxygen atoms in total. The van der Waals surface area contributed by atoms with Crippen molar-refractivity contribution >= 4 is 11.7 Å². The summed E-state index contributed by atoms with van der Waals surface area (Å²) >= 11 is 0. The molecule has 140 valence electrons. The van der Waals surface area contributed by atoms with Crippen molar-refractivity contribution in [2.45, 2.75) is 39.2 Å². The maximum atomic E-state index is 12.2. The number of nitrogens with one attached hydrogen (secondary N) is 2. The molecule has 1 unspecified atom stereocenters. The van der Waals surface area contributed by atoms with Crippen molar-refractivity contribution in [3.8, 4) is 0 Å². The number of H-pyrrole nitrogens is 1. The van der Waals surface area contributed by atoms with Crippen molar-refractivity contribution < 1.29 is 9.53 Å². The number of hydrogen-bond donors (Lipinski definition) is 2. The average molecular weight is 358 g/mol. The molecule has 0 saturated carbocycles. The van der Waals surface area contributed by atoms with E-state index in [2.05, 4.69) is 15.3 Å². The Morgan fingerprint density at radius 2 is 2.19 bits per heavy atom. The van der Waals surface area contributed by atoms with E-state index >= 15 is 0 Å². The van der Waals surface area contributed by atoms with Gasteiger partial charge in [0.1, 0.15) is 24.1 Å². The van der Waals surface area contributed by atoms with Gasteiger partial charge in [0.15, 0.2) is 0 Å². The van der Waals surface area contributed by atoms with Crippen LogP contribution in [0.3, 0.4) is 0 Å². The molecule has 1 aliphatic rings. The molecule has 0 aliphatic carbocycles. The Morgan fingerprint density at radius 3 is 2.88 bits per heavy atom. The van der Waals surface area contributed by atoms with E-state index in [0.717, 1.165) is 48.0 Å². The van der Waals surface area contributed by atoms with Crippen LogP contribution in [-0.2, 0) is 28.8 Å². The van der Waals surface area contributed by atoms with E-state index in [1.807, 2.05) is 24.9 Å². The van der Waals surface area contributed by atoms with E-state index in [4.69, 9.17) is 14.7 Å². The number of aromatic nitrogens is 4. The van der Waals surface area contributed by atoms with Crippen LogP contribution in [0.25, 0.3) is 0 Å². The summed E-state index contributed by atoms with van der Waals surface area (Å²) in [5, 5.41) is 3.47. The summed E-state index contributed by atoms with van der Waals surface area (Å²) in [4.78, 5) is 30.9. The first kappa shape index (κ1) is 18.3. The van der Waals surface area contributed by atoms with Crippen LogP contribution in [0.15, 0.2) is 12.4 Å². The number of nitrogens with zero attached hydrogens (tertiary/aromatic N) is 4. The number of ether oxygens (including phenoxy) is 1. The molecule has 2 aromatic rings. The number of anilines is 1. The van der Waals surface area contributed by atoms with E-state index in [1.165, 1.54) is 0 Å². The minimum absolute atomic E-state index is 0.00295. The van der Waals surface area contributed by atoms with Crippen LogP contribution in [0.5, 0.6) is 0 Å². The zero-order valence-electron chi connectivity index (χ0n) is 15.6. The van der Waals surface area contributed by atoms with Crippen molar-refractivity contribution in [3.63, 3.8) is 0 Å². The third-order valence-electron chi connectivity index (χ3n) is 4.61. The predicted octanol–water partition coefficient (Wildman–Crippen LogP) is 1.51. The van der Waals surface area contributed by atoms with E-state index in [9.17, 15) is 4.79 Å². The maximum absolute atomic E-state index is 12.2. The topological polar surface area (TPSA) is 96.0 Å². The summed E-state index contributed by atoms with van der Waals surface area (Å²) in [6.07, 6.45) is 5.77. The fraction of sp³-hybridized carbons (Fsp3) is 0.556. The highest BCUT2D eigenvalue weighted by molar-refractivity contribution is 5.77. The molecule has 1 aliphatic heterocycles. The van der Waals surface area contributed by atoms with Crippen LogP contribution in [0, 0.1) is 0 Å². The van der Waals surface area contributed by atoms with E-state index in [1.54, 1.807) is 13.3 Å². The number of imidazole rings is 1. The number of amides is 1. The molecule has 8 heteroatoms. The van der Waals surface area contributed by atoms with Crippen molar-refractivity contribution in [1.82, 2.24) is 24.8 Å². The second kappa shape index (κ2) is 8.27.